The molecule has 0 fully saturated rings. The first-order valence-electron chi connectivity index (χ1n) is 9.79. The summed E-state index contributed by atoms with van der Waals surface area (Å²) in [5.74, 6) is -0.357. The van der Waals surface area contributed by atoms with Crippen molar-refractivity contribution >= 4 is 17.6 Å². The number of benzene rings is 3. The second-order valence-corrected chi connectivity index (χ2v) is 7.03. The maximum atomic E-state index is 12.1. The first-order valence-corrected chi connectivity index (χ1v) is 9.79. The van der Waals surface area contributed by atoms with Crippen LogP contribution >= 0.6 is 0 Å². The van der Waals surface area contributed by atoms with E-state index in [1.54, 1.807) is 0 Å². The third-order valence-corrected chi connectivity index (χ3v) is 4.67. The van der Waals surface area contributed by atoms with E-state index in [1.165, 1.54) is 0 Å². The lowest BCUT2D eigenvalue weighted by molar-refractivity contribution is -0.149. The highest BCUT2D eigenvalue weighted by molar-refractivity contribution is 5.94. The normalized spacial score (nSPS) is 10.3. The van der Waals surface area contributed by atoms with Gasteiger partial charge in [0.05, 0.1) is 0 Å². The minimum atomic E-state index is -0.596. The summed E-state index contributed by atoms with van der Waals surface area (Å²) in [6, 6.07) is 23.3. The van der Waals surface area contributed by atoms with Crippen molar-refractivity contribution in [1.82, 2.24) is 0 Å². The maximum Gasteiger partial charge on any atom is 0.344 e. The van der Waals surface area contributed by atoms with E-state index in [0.29, 0.717) is 12.2 Å². The summed E-state index contributed by atoms with van der Waals surface area (Å²) in [7, 11) is 0. The van der Waals surface area contributed by atoms with Gasteiger partial charge >= 0.3 is 5.97 Å². The summed E-state index contributed by atoms with van der Waals surface area (Å²) in [6.07, 6.45) is 0.699. The number of hydrogen-bond acceptors (Lipinski definition) is 4. The second-order valence-electron chi connectivity index (χ2n) is 7.03. The summed E-state index contributed by atoms with van der Waals surface area (Å²) < 4.78 is 10.7. The number of amides is 1. The molecule has 0 atom stereocenters. The summed E-state index contributed by atoms with van der Waals surface area (Å²) in [4.78, 5) is 24.2. The number of hydrogen-bond donors (Lipinski definition) is 1. The van der Waals surface area contributed by atoms with Crippen LogP contribution in [-0.2, 0) is 20.7 Å². The van der Waals surface area contributed by atoms with Gasteiger partial charge in [-0.3, -0.25) is 4.79 Å². The Morgan fingerprint density at radius 1 is 0.800 bits per heavy atom. The van der Waals surface area contributed by atoms with Gasteiger partial charge in [-0.1, -0.05) is 66.7 Å². The van der Waals surface area contributed by atoms with Crippen molar-refractivity contribution in [2.75, 3.05) is 18.5 Å². The van der Waals surface area contributed by atoms with E-state index in [4.69, 9.17) is 9.47 Å². The van der Waals surface area contributed by atoms with Gasteiger partial charge in [-0.05, 0) is 42.2 Å². The third-order valence-electron chi connectivity index (χ3n) is 4.67. The molecule has 1 N–H and O–H groups in total. The van der Waals surface area contributed by atoms with Crippen LogP contribution in [0.5, 0.6) is 5.75 Å². The monoisotopic (exact) mass is 403 g/mol. The number of anilines is 1. The number of carbonyl (C=O) groups is 2. The molecule has 0 radical (unpaired) electrons. The lowest BCUT2D eigenvalue weighted by atomic mass is 10.0. The van der Waals surface area contributed by atoms with Gasteiger partial charge < -0.3 is 14.8 Å². The summed E-state index contributed by atoms with van der Waals surface area (Å²) in [5.41, 5.74) is 4.77. The minimum absolute atomic E-state index is 0.261. The molecule has 0 saturated heterocycles. The van der Waals surface area contributed by atoms with Crippen molar-refractivity contribution < 1.29 is 19.1 Å². The van der Waals surface area contributed by atoms with Crippen molar-refractivity contribution in [3.05, 3.63) is 95.1 Å². The first-order chi connectivity index (χ1) is 14.5. The van der Waals surface area contributed by atoms with Gasteiger partial charge in [-0.15, -0.1) is 0 Å². The highest BCUT2D eigenvalue weighted by atomic mass is 16.6. The average molecular weight is 403 g/mol. The molecule has 0 aliphatic carbocycles. The molecule has 154 valence electrons. The first kappa shape index (κ1) is 21.1. The maximum absolute atomic E-state index is 12.1. The van der Waals surface area contributed by atoms with Crippen LogP contribution in [0.4, 0.5) is 5.69 Å². The molecule has 0 aliphatic rings. The quantitative estimate of drug-likeness (QED) is 0.564. The molecule has 5 heteroatoms. The third kappa shape index (κ3) is 5.95. The van der Waals surface area contributed by atoms with Gasteiger partial charge in [0.2, 0.25) is 0 Å². The number of carbonyl (C=O) groups excluding carboxylic acids is 2. The highest BCUT2D eigenvalue weighted by Gasteiger charge is 2.12. The largest absolute Gasteiger partial charge is 0.482 e. The van der Waals surface area contributed by atoms with Crippen molar-refractivity contribution in [1.29, 1.82) is 0 Å². The Hall–Kier alpha value is -3.60. The number of nitrogens with one attached hydrogen (secondary N) is 1. The second kappa shape index (κ2) is 10.3. The van der Waals surface area contributed by atoms with Crippen LogP contribution < -0.4 is 10.1 Å². The highest BCUT2D eigenvalue weighted by Crippen LogP contribution is 2.22. The topological polar surface area (TPSA) is 64.6 Å². The molecular formula is C25H25NO4. The fraction of sp³-hybridized carbons (Fsp3) is 0.200. The van der Waals surface area contributed by atoms with Crippen LogP contribution in [0.3, 0.4) is 0 Å². The Labute approximate surface area is 176 Å². The van der Waals surface area contributed by atoms with Crippen LogP contribution in [0.25, 0.3) is 0 Å². The Morgan fingerprint density at radius 2 is 1.47 bits per heavy atom. The van der Waals surface area contributed by atoms with Gasteiger partial charge in [0, 0.05) is 12.1 Å². The fourth-order valence-corrected chi connectivity index (χ4v) is 3.12. The molecule has 30 heavy (non-hydrogen) atoms. The van der Waals surface area contributed by atoms with Crippen LogP contribution in [0, 0.1) is 13.8 Å². The summed E-state index contributed by atoms with van der Waals surface area (Å²) in [6.45, 7) is 3.20. The Kier molecular flexibility index (Phi) is 7.22. The zero-order valence-electron chi connectivity index (χ0n) is 17.2. The molecule has 0 aliphatic heterocycles. The van der Waals surface area contributed by atoms with Gasteiger partial charge in [0.25, 0.3) is 5.91 Å². The SMILES string of the molecule is Cc1cccc(C)c1NC(=O)COC(=O)COc1ccccc1Cc1ccccc1. The fourth-order valence-electron chi connectivity index (χ4n) is 3.12. The number of para-hydroxylation sites is 2. The summed E-state index contributed by atoms with van der Waals surface area (Å²) >= 11 is 0. The average Bonchev–Trinajstić information content (AvgIpc) is 2.75. The van der Waals surface area contributed by atoms with Crippen LogP contribution in [0.2, 0.25) is 0 Å². The van der Waals surface area contributed by atoms with Crippen LogP contribution in [-0.4, -0.2) is 25.1 Å². The molecule has 0 saturated carbocycles. The molecule has 0 unspecified atom stereocenters. The number of esters is 1. The van der Waals surface area contributed by atoms with E-state index in [1.807, 2.05) is 86.6 Å². The molecule has 0 heterocycles. The number of aryl methyl sites for hydroxylation is 2. The molecular weight excluding hydrogens is 378 g/mol. The lowest BCUT2D eigenvalue weighted by Gasteiger charge is -2.13. The molecule has 0 bridgehead atoms. The van der Waals surface area contributed by atoms with Gasteiger partial charge in [0.1, 0.15) is 5.75 Å². The molecule has 0 spiro atoms. The predicted molar refractivity (Wildman–Crippen MR) is 117 cm³/mol. The Balaban J connectivity index is 1.50. The molecule has 3 aromatic carbocycles. The molecule has 3 aromatic rings. The Bertz CT molecular complexity index is 994. The van der Waals surface area contributed by atoms with Crippen molar-refractivity contribution in [3.8, 4) is 5.75 Å². The molecule has 1 amide bonds. The van der Waals surface area contributed by atoms with Crippen molar-refractivity contribution in [3.63, 3.8) is 0 Å². The number of ether oxygens (including phenoxy) is 2. The smallest absolute Gasteiger partial charge is 0.344 e. The van der Waals surface area contributed by atoms with Crippen LogP contribution in [0.1, 0.15) is 22.3 Å². The van der Waals surface area contributed by atoms with Crippen LogP contribution in [0.15, 0.2) is 72.8 Å². The molecule has 3 rings (SSSR count). The molecule has 5 nitrogen and oxygen atoms in total. The van der Waals surface area contributed by atoms with E-state index in [-0.39, 0.29) is 19.1 Å². The van der Waals surface area contributed by atoms with Gasteiger partial charge in [-0.2, -0.15) is 0 Å². The lowest BCUT2D eigenvalue weighted by Crippen LogP contribution is -2.24. The Morgan fingerprint density at radius 3 is 2.20 bits per heavy atom. The van der Waals surface area contributed by atoms with E-state index in [0.717, 1.165) is 27.9 Å². The van der Waals surface area contributed by atoms with Crippen molar-refractivity contribution in [2.24, 2.45) is 0 Å². The predicted octanol–water partition coefficient (Wildman–Crippen LogP) is 4.45. The van der Waals surface area contributed by atoms with E-state index in [2.05, 4.69) is 5.32 Å². The standard InChI is InChI=1S/C25H25NO4/c1-18-9-8-10-19(2)25(18)26-23(27)16-30-24(28)17-29-22-14-7-6-13-21(22)15-20-11-4-3-5-12-20/h3-14H,15-17H2,1-2H3,(H,26,27). The molecule has 0 aromatic heterocycles. The van der Waals surface area contributed by atoms with E-state index in [9.17, 15) is 9.59 Å². The zero-order valence-corrected chi connectivity index (χ0v) is 17.2. The number of rotatable bonds is 8. The van der Waals surface area contributed by atoms with Crippen molar-refractivity contribution in [2.45, 2.75) is 20.3 Å². The van der Waals surface area contributed by atoms with Gasteiger partial charge in [-0.25, -0.2) is 4.79 Å². The summed E-state index contributed by atoms with van der Waals surface area (Å²) in [5, 5.41) is 2.79. The van der Waals surface area contributed by atoms with Gasteiger partial charge in [0.15, 0.2) is 13.2 Å². The minimum Gasteiger partial charge on any atom is -0.482 e. The van der Waals surface area contributed by atoms with E-state index < -0.39 is 5.97 Å². The zero-order chi connectivity index (χ0) is 21.3. The van der Waals surface area contributed by atoms with E-state index >= 15 is 0 Å².